The van der Waals surface area contributed by atoms with Gasteiger partial charge in [-0.05, 0) is 31.4 Å². The zero-order chi connectivity index (χ0) is 8.97. The Morgan fingerprint density at radius 3 is 2.92 bits per heavy atom. The van der Waals surface area contributed by atoms with Crippen molar-refractivity contribution < 1.29 is 0 Å². The summed E-state index contributed by atoms with van der Waals surface area (Å²) in [5, 5.41) is 4.31. The maximum atomic E-state index is 5.46. The van der Waals surface area contributed by atoms with E-state index in [-0.39, 0.29) is 0 Å². The second-order valence-corrected chi connectivity index (χ2v) is 3.37. The Morgan fingerprint density at radius 1 is 1.67 bits per heavy atom. The summed E-state index contributed by atoms with van der Waals surface area (Å²) in [7, 11) is 1.94. The van der Waals surface area contributed by atoms with E-state index in [1.54, 1.807) is 0 Å². The van der Waals surface area contributed by atoms with Crippen LogP contribution in [0.5, 0.6) is 0 Å². The number of aryl methyl sites for hydroxylation is 1. The molecule has 0 saturated carbocycles. The molecule has 1 rings (SSSR count). The fourth-order valence-electron chi connectivity index (χ4n) is 1.32. The molecule has 3 nitrogen and oxygen atoms in total. The van der Waals surface area contributed by atoms with E-state index in [1.807, 2.05) is 17.9 Å². The summed E-state index contributed by atoms with van der Waals surface area (Å²) in [6.07, 6.45) is 4.10. The molecular formula is C9H17N3. The van der Waals surface area contributed by atoms with Gasteiger partial charge in [-0.3, -0.25) is 4.68 Å². The van der Waals surface area contributed by atoms with Crippen LogP contribution in [0.2, 0.25) is 0 Å². The van der Waals surface area contributed by atoms with Crippen molar-refractivity contribution in [3.63, 3.8) is 0 Å². The molecule has 0 saturated heterocycles. The number of hydrogen-bond acceptors (Lipinski definition) is 2. The number of rotatable bonds is 4. The molecule has 0 amide bonds. The molecule has 0 radical (unpaired) electrons. The first-order valence-electron chi connectivity index (χ1n) is 4.41. The third-order valence-corrected chi connectivity index (χ3v) is 1.99. The molecule has 3 heteroatoms. The van der Waals surface area contributed by atoms with Crippen LogP contribution in [0, 0.1) is 5.92 Å². The molecule has 1 heterocycles. The number of hydrogen-bond donors (Lipinski definition) is 1. The lowest BCUT2D eigenvalue weighted by Crippen LogP contribution is -2.08. The fourth-order valence-corrected chi connectivity index (χ4v) is 1.32. The maximum Gasteiger partial charge on any atom is 0.0627 e. The quantitative estimate of drug-likeness (QED) is 0.725. The topological polar surface area (TPSA) is 43.8 Å². The van der Waals surface area contributed by atoms with E-state index in [1.165, 1.54) is 5.69 Å². The van der Waals surface area contributed by atoms with Crippen molar-refractivity contribution in [3.05, 3.63) is 18.0 Å². The van der Waals surface area contributed by atoms with E-state index >= 15 is 0 Å². The highest BCUT2D eigenvalue weighted by atomic mass is 15.2. The van der Waals surface area contributed by atoms with Crippen molar-refractivity contribution in [2.45, 2.75) is 19.8 Å². The fraction of sp³-hybridized carbons (Fsp3) is 0.667. The van der Waals surface area contributed by atoms with E-state index < -0.39 is 0 Å². The Hall–Kier alpha value is -0.830. The molecule has 0 fully saturated rings. The van der Waals surface area contributed by atoms with Crippen LogP contribution in [0.1, 0.15) is 19.0 Å². The first-order chi connectivity index (χ1) is 5.72. The molecule has 1 aromatic heterocycles. The summed E-state index contributed by atoms with van der Waals surface area (Å²) >= 11 is 0. The van der Waals surface area contributed by atoms with Gasteiger partial charge < -0.3 is 5.73 Å². The van der Waals surface area contributed by atoms with E-state index in [0.717, 1.165) is 19.4 Å². The monoisotopic (exact) mass is 167 g/mol. The largest absolute Gasteiger partial charge is 0.330 e. The Morgan fingerprint density at radius 2 is 2.42 bits per heavy atom. The van der Waals surface area contributed by atoms with Crippen molar-refractivity contribution in [1.29, 1.82) is 0 Å². The molecule has 0 aliphatic carbocycles. The zero-order valence-corrected chi connectivity index (χ0v) is 7.83. The Labute approximate surface area is 73.6 Å². The molecule has 68 valence electrons. The van der Waals surface area contributed by atoms with E-state index in [4.69, 9.17) is 5.73 Å². The predicted octanol–water partition coefficient (Wildman–Crippen LogP) is 0.947. The maximum absolute atomic E-state index is 5.46. The number of nitrogens with two attached hydrogens (primary N) is 1. The molecule has 1 atom stereocenters. The Kier molecular flexibility index (Phi) is 3.29. The molecule has 0 aliphatic rings. The van der Waals surface area contributed by atoms with Gasteiger partial charge in [0.05, 0.1) is 5.69 Å². The van der Waals surface area contributed by atoms with Crippen molar-refractivity contribution >= 4 is 0 Å². The Bertz CT molecular complexity index is 229. The van der Waals surface area contributed by atoms with Gasteiger partial charge in [-0.2, -0.15) is 5.10 Å². The summed E-state index contributed by atoms with van der Waals surface area (Å²) in [5.41, 5.74) is 6.63. The van der Waals surface area contributed by atoms with Gasteiger partial charge >= 0.3 is 0 Å². The number of nitrogens with zero attached hydrogens (tertiary/aromatic N) is 2. The van der Waals surface area contributed by atoms with Crippen molar-refractivity contribution in [2.75, 3.05) is 6.54 Å². The van der Waals surface area contributed by atoms with Crippen LogP contribution in [-0.2, 0) is 13.5 Å². The summed E-state index contributed by atoms with van der Waals surface area (Å²) in [5.74, 6) is 0.643. The molecule has 2 N–H and O–H groups in total. The van der Waals surface area contributed by atoms with Gasteiger partial charge in [0.1, 0.15) is 0 Å². The van der Waals surface area contributed by atoms with Crippen LogP contribution in [0.25, 0.3) is 0 Å². The lowest BCUT2D eigenvalue weighted by atomic mass is 10.0. The highest BCUT2D eigenvalue weighted by Crippen LogP contribution is 2.08. The summed E-state index contributed by atoms with van der Waals surface area (Å²) < 4.78 is 1.84. The molecule has 12 heavy (non-hydrogen) atoms. The molecule has 0 bridgehead atoms. The Balaban J connectivity index is 2.41. The predicted molar refractivity (Wildman–Crippen MR) is 49.7 cm³/mol. The van der Waals surface area contributed by atoms with E-state index in [2.05, 4.69) is 18.1 Å². The minimum absolute atomic E-state index is 0.643. The van der Waals surface area contributed by atoms with Gasteiger partial charge in [0.2, 0.25) is 0 Å². The van der Waals surface area contributed by atoms with Crippen LogP contribution >= 0.6 is 0 Å². The van der Waals surface area contributed by atoms with E-state index in [0.29, 0.717) is 5.92 Å². The van der Waals surface area contributed by atoms with Crippen LogP contribution in [0.15, 0.2) is 12.3 Å². The average molecular weight is 167 g/mol. The smallest absolute Gasteiger partial charge is 0.0627 e. The van der Waals surface area contributed by atoms with Gasteiger partial charge in [-0.15, -0.1) is 0 Å². The van der Waals surface area contributed by atoms with Gasteiger partial charge in [0, 0.05) is 13.2 Å². The second-order valence-electron chi connectivity index (χ2n) is 3.37. The lowest BCUT2D eigenvalue weighted by Gasteiger charge is -2.06. The number of aromatic nitrogens is 2. The average Bonchev–Trinajstić information content (AvgIpc) is 2.36. The molecule has 0 spiro atoms. The van der Waals surface area contributed by atoms with Crippen LogP contribution < -0.4 is 5.73 Å². The summed E-state index contributed by atoms with van der Waals surface area (Å²) in [6, 6.07) is 2.06. The van der Waals surface area contributed by atoms with Crippen LogP contribution in [0.3, 0.4) is 0 Å². The SMILES string of the molecule is CC(CCN)Cc1ccn(C)n1. The van der Waals surface area contributed by atoms with Crippen LogP contribution in [-0.4, -0.2) is 16.3 Å². The molecular weight excluding hydrogens is 150 g/mol. The highest BCUT2D eigenvalue weighted by Gasteiger charge is 2.04. The van der Waals surface area contributed by atoms with Crippen molar-refractivity contribution in [3.8, 4) is 0 Å². The van der Waals surface area contributed by atoms with Gasteiger partial charge in [-0.1, -0.05) is 6.92 Å². The molecule has 0 aromatic carbocycles. The molecule has 1 unspecified atom stereocenters. The van der Waals surface area contributed by atoms with Gasteiger partial charge in [-0.25, -0.2) is 0 Å². The third kappa shape index (κ3) is 2.66. The third-order valence-electron chi connectivity index (χ3n) is 1.99. The molecule has 0 aliphatic heterocycles. The van der Waals surface area contributed by atoms with E-state index in [9.17, 15) is 0 Å². The standard InChI is InChI=1S/C9H17N3/c1-8(3-5-10)7-9-4-6-12(2)11-9/h4,6,8H,3,5,7,10H2,1-2H3. The van der Waals surface area contributed by atoms with Crippen LogP contribution in [0.4, 0.5) is 0 Å². The first kappa shape index (κ1) is 9.26. The highest BCUT2D eigenvalue weighted by molar-refractivity contribution is 4.99. The normalized spacial score (nSPS) is 13.2. The van der Waals surface area contributed by atoms with Gasteiger partial charge in [0.15, 0.2) is 0 Å². The lowest BCUT2D eigenvalue weighted by molar-refractivity contribution is 0.527. The van der Waals surface area contributed by atoms with Gasteiger partial charge in [0.25, 0.3) is 0 Å². The molecule has 1 aromatic rings. The minimum atomic E-state index is 0.643. The van der Waals surface area contributed by atoms with Crippen molar-refractivity contribution in [1.82, 2.24) is 9.78 Å². The summed E-state index contributed by atoms with van der Waals surface area (Å²) in [4.78, 5) is 0. The minimum Gasteiger partial charge on any atom is -0.330 e. The summed E-state index contributed by atoms with van der Waals surface area (Å²) in [6.45, 7) is 2.98. The first-order valence-corrected chi connectivity index (χ1v) is 4.41. The second kappa shape index (κ2) is 4.26. The zero-order valence-electron chi connectivity index (χ0n) is 7.83. The van der Waals surface area contributed by atoms with Crippen molar-refractivity contribution in [2.24, 2.45) is 18.7 Å².